The SMILES string of the molecule is c1ccc2c(c1)cnc1nccnc12. The summed E-state index contributed by atoms with van der Waals surface area (Å²) >= 11 is 0. The van der Waals surface area contributed by atoms with Gasteiger partial charge in [0.05, 0.1) is 0 Å². The van der Waals surface area contributed by atoms with Gasteiger partial charge in [0.2, 0.25) is 0 Å². The number of hydrogen-bond donors (Lipinski definition) is 0. The zero-order chi connectivity index (χ0) is 9.38. The number of fused-ring (bicyclic) bond motifs is 3. The van der Waals surface area contributed by atoms with Crippen molar-refractivity contribution < 1.29 is 0 Å². The van der Waals surface area contributed by atoms with E-state index < -0.39 is 0 Å². The first-order valence-electron chi connectivity index (χ1n) is 4.39. The lowest BCUT2D eigenvalue weighted by atomic mass is 10.1. The minimum atomic E-state index is 0.700. The first kappa shape index (κ1) is 7.38. The molecule has 0 radical (unpaired) electrons. The van der Waals surface area contributed by atoms with Crippen LogP contribution in [0.15, 0.2) is 42.9 Å². The average Bonchev–Trinajstić information content (AvgIpc) is 2.29. The highest BCUT2D eigenvalue weighted by Gasteiger charge is 2.01. The fraction of sp³-hybridized carbons (Fsp3) is 0. The predicted molar refractivity (Wildman–Crippen MR) is 54.8 cm³/mol. The summed E-state index contributed by atoms with van der Waals surface area (Å²) in [4.78, 5) is 12.7. The maximum atomic E-state index is 4.28. The minimum Gasteiger partial charge on any atom is -0.251 e. The van der Waals surface area contributed by atoms with E-state index in [1.807, 2.05) is 30.5 Å². The zero-order valence-electron chi connectivity index (χ0n) is 7.38. The number of rotatable bonds is 0. The molecule has 3 nitrogen and oxygen atoms in total. The first-order valence-corrected chi connectivity index (χ1v) is 4.39. The second-order valence-electron chi connectivity index (χ2n) is 3.07. The summed E-state index contributed by atoms with van der Waals surface area (Å²) in [6.45, 7) is 0. The fourth-order valence-corrected chi connectivity index (χ4v) is 1.57. The molecule has 0 fully saturated rings. The number of nitrogens with zero attached hydrogens (tertiary/aromatic N) is 3. The van der Waals surface area contributed by atoms with E-state index in [4.69, 9.17) is 0 Å². The Balaban J connectivity index is 2.61. The van der Waals surface area contributed by atoms with E-state index in [-0.39, 0.29) is 0 Å². The van der Waals surface area contributed by atoms with Gasteiger partial charge >= 0.3 is 0 Å². The van der Waals surface area contributed by atoms with Crippen LogP contribution in [-0.4, -0.2) is 15.0 Å². The molecular weight excluding hydrogens is 174 g/mol. The average molecular weight is 181 g/mol. The first-order chi connectivity index (χ1) is 6.95. The molecule has 0 aliphatic carbocycles. The van der Waals surface area contributed by atoms with Crippen molar-refractivity contribution in [2.75, 3.05) is 0 Å². The summed E-state index contributed by atoms with van der Waals surface area (Å²) in [6.07, 6.45) is 5.17. The lowest BCUT2D eigenvalue weighted by molar-refractivity contribution is 1.24. The summed E-state index contributed by atoms with van der Waals surface area (Å²) in [5.41, 5.74) is 1.57. The molecule has 1 aromatic carbocycles. The summed E-state index contributed by atoms with van der Waals surface area (Å²) in [5.74, 6) is 0. The molecule has 3 aromatic rings. The molecule has 2 aromatic heterocycles. The molecule has 0 aliphatic heterocycles. The molecule has 0 amide bonds. The van der Waals surface area contributed by atoms with Gasteiger partial charge in [-0.1, -0.05) is 24.3 Å². The van der Waals surface area contributed by atoms with Crippen molar-refractivity contribution in [3.05, 3.63) is 42.9 Å². The predicted octanol–water partition coefficient (Wildman–Crippen LogP) is 2.18. The molecule has 2 heterocycles. The number of pyridine rings is 1. The molecule has 0 saturated heterocycles. The normalized spacial score (nSPS) is 10.9. The summed E-state index contributed by atoms with van der Waals surface area (Å²) in [7, 11) is 0. The van der Waals surface area contributed by atoms with Gasteiger partial charge in [0.1, 0.15) is 5.52 Å². The van der Waals surface area contributed by atoms with Gasteiger partial charge in [-0.25, -0.2) is 9.97 Å². The smallest absolute Gasteiger partial charge is 0.178 e. The molecule has 0 atom stereocenters. The van der Waals surface area contributed by atoms with Gasteiger partial charge in [0.15, 0.2) is 5.65 Å². The Morgan fingerprint density at radius 2 is 1.71 bits per heavy atom. The van der Waals surface area contributed by atoms with Crippen molar-refractivity contribution in [1.29, 1.82) is 0 Å². The van der Waals surface area contributed by atoms with Gasteiger partial charge in [-0.05, 0) is 0 Å². The summed E-state index contributed by atoms with van der Waals surface area (Å²) in [5, 5.41) is 2.20. The number of aromatic nitrogens is 3. The van der Waals surface area contributed by atoms with Crippen molar-refractivity contribution in [1.82, 2.24) is 15.0 Å². The Morgan fingerprint density at radius 1 is 0.857 bits per heavy atom. The molecule has 3 heteroatoms. The molecule has 0 aliphatic rings. The third kappa shape index (κ3) is 0.956. The Morgan fingerprint density at radius 3 is 2.71 bits per heavy atom. The largest absolute Gasteiger partial charge is 0.251 e. The van der Waals surface area contributed by atoms with Crippen molar-refractivity contribution >= 4 is 21.9 Å². The van der Waals surface area contributed by atoms with Crippen molar-refractivity contribution in [2.45, 2.75) is 0 Å². The quantitative estimate of drug-likeness (QED) is 0.499. The second-order valence-corrected chi connectivity index (χ2v) is 3.07. The Labute approximate surface area is 80.5 Å². The van der Waals surface area contributed by atoms with Crippen LogP contribution in [0.5, 0.6) is 0 Å². The van der Waals surface area contributed by atoms with Gasteiger partial charge in [-0.15, -0.1) is 0 Å². The van der Waals surface area contributed by atoms with Gasteiger partial charge < -0.3 is 0 Å². The third-order valence-corrected chi connectivity index (χ3v) is 2.22. The van der Waals surface area contributed by atoms with E-state index >= 15 is 0 Å². The molecule has 3 rings (SSSR count). The van der Waals surface area contributed by atoms with Crippen LogP contribution < -0.4 is 0 Å². The van der Waals surface area contributed by atoms with E-state index in [1.54, 1.807) is 12.4 Å². The Bertz CT molecular complexity index is 550. The van der Waals surface area contributed by atoms with E-state index in [9.17, 15) is 0 Å². The molecular formula is C11H7N3. The lowest BCUT2D eigenvalue weighted by Gasteiger charge is -1.99. The topological polar surface area (TPSA) is 38.7 Å². The molecule has 0 bridgehead atoms. The van der Waals surface area contributed by atoms with Gasteiger partial charge in [0, 0.05) is 29.4 Å². The van der Waals surface area contributed by atoms with Gasteiger partial charge in [0.25, 0.3) is 0 Å². The molecule has 14 heavy (non-hydrogen) atoms. The van der Waals surface area contributed by atoms with Crippen LogP contribution in [-0.2, 0) is 0 Å². The van der Waals surface area contributed by atoms with E-state index in [2.05, 4.69) is 15.0 Å². The third-order valence-electron chi connectivity index (χ3n) is 2.22. The van der Waals surface area contributed by atoms with Crippen LogP contribution in [0.3, 0.4) is 0 Å². The summed E-state index contributed by atoms with van der Waals surface area (Å²) in [6, 6.07) is 8.05. The van der Waals surface area contributed by atoms with Crippen LogP contribution in [0, 0.1) is 0 Å². The highest BCUT2D eigenvalue weighted by molar-refractivity contribution is 6.01. The second kappa shape index (κ2) is 2.73. The van der Waals surface area contributed by atoms with Crippen molar-refractivity contribution in [2.24, 2.45) is 0 Å². The maximum Gasteiger partial charge on any atom is 0.178 e. The Hall–Kier alpha value is -2.03. The standard InChI is InChI=1S/C11H7N3/c1-2-4-9-8(3-1)7-14-11-10(9)12-5-6-13-11/h1-7H. The fourth-order valence-electron chi connectivity index (χ4n) is 1.57. The van der Waals surface area contributed by atoms with Crippen LogP contribution in [0.25, 0.3) is 21.9 Å². The number of benzene rings is 1. The van der Waals surface area contributed by atoms with Gasteiger partial charge in [-0.2, -0.15) is 0 Å². The maximum absolute atomic E-state index is 4.28. The van der Waals surface area contributed by atoms with E-state index in [0.29, 0.717) is 5.65 Å². The highest BCUT2D eigenvalue weighted by Crippen LogP contribution is 2.19. The summed E-state index contributed by atoms with van der Waals surface area (Å²) < 4.78 is 0. The van der Waals surface area contributed by atoms with Crippen LogP contribution in [0.4, 0.5) is 0 Å². The van der Waals surface area contributed by atoms with E-state index in [1.165, 1.54) is 0 Å². The van der Waals surface area contributed by atoms with Crippen molar-refractivity contribution in [3.63, 3.8) is 0 Å². The van der Waals surface area contributed by atoms with Crippen LogP contribution in [0.2, 0.25) is 0 Å². The monoisotopic (exact) mass is 181 g/mol. The molecule has 0 unspecified atom stereocenters. The highest BCUT2D eigenvalue weighted by atomic mass is 14.9. The zero-order valence-corrected chi connectivity index (χ0v) is 7.38. The molecule has 0 spiro atoms. The lowest BCUT2D eigenvalue weighted by Crippen LogP contribution is -1.87. The van der Waals surface area contributed by atoms with Crippen molar-refractivity contribution in [3.8, 4) is 0 Å². The van der Waals surface area contributed by atoms with Crippen LogP contribution in [0.1, 0.15) is 0 Å². The minimum absolute atomic E-state index is 0.700. The van der Waals surface area contributed by atoms with E-state index in [0.717, 1.165) is 16.3 Å². The molecule has 66 valence electrons. The van der Waals surface area contributed by atoms with Gasteiger partial charge in [-0.3, -0.25) is 4.98 Å². The Kier molecular flexibility index (Phi) is 1.44. The molecule has 0 saturated carbocycles. The molecule has 0 N–H and O–H groups in total. The van der Waals surface area contributed by atoms with Crippen LogP contribution >= 0.6 is 0 Å². The number of hydrogen-bond acceptors (Lipinski definition) is 3.